The first-order valence-electron chi connectivity index (χ1n) is 5.71. The SMILES string of the molecule is COCCNS(=O)(=O)c1cc(CN)cc(C)c1C. The van der Waals surface area contributed by atoms with Gasteiger partial charge < -0.3 is 10.5 Å². The fourth-order valence-electron chi connectivity index (χ4n) is 1.65. The second-order valence-electron chi connectivity index (χ2n) is 4.13. The Hall–Kier alpha value is -0.950. The molecule has 0 amide bonds. The minimum Gasteiger partial charge on any atom is -0.383 e. The zero-order valence-corrected chi connectivity index (χ0v) is 11.8. The number of rotatable bonds is 6. The van der Waals surface area contributed by atoms with E-state index in [4.69, 9.17) is 10.5 Å². The lowest BCUT2D eigenvalue weighted by Gasteiger charge is -2.13. The maximum atomic E-state index is 12.1. The Morgan fingerprint density at radius 2 is 2.00 bits per heavy atom. The second kappa shape index (κ2) is 6.29. The summed E-state index contributed by atoms with van der Waals surface area (Å²) in [6.45, 7) is 4.59. The van der Waals surface area contributed by atoms with E-state index in [1.807, 2.05) is 13.0 Å². The van der Waals surface area contributed by atoms with E-state index in [9.17, 15) is 8.42 Å². The van der Waals surface area contributed by atoms with Crippen molar-refractivity contribution >= 4 is 10.0 Å². The van der Waals surface area contributed by atoms with Crippen molar-refractivity contribution < 1.29 is 13.2 Å². The molecule has 1 aromatic rings. The lowest BCUT2D eigenvalue weighted by atomic mass is 10.1. The highest BCUT2D eigenvalue weighted by molar-refractivity contribution is 7.89. The van der Waals surface area contributed by atoms with Crippen LogP contribution in [0.4, 0.5) is 0 Å². The fraction of sp³-hybridized carbons (Fsp3) is 0.500. The summed E-state index contributed by atoms with van der Waals surface area (Å²) in [6, 6.07) is 3.53. The van der Waals surface area contributed by atoms with Crippen LogP contribution in [0.2, 0.25) is 0 Å². The van der Waals surface area contributed by atoms with E-state index in [1.165, 1.54) is 7.11 Å². The monoisotopic (exact) mass is 272 g/mol. The molecule has 0 fully saturated rings. The molecule has 6 heteroatoms. The van der Waals surface area contributed by atoms with Crippen LogP contribution in [-0.4, -0.2) is 28.7 Å². The van der Waals surface area contributed by atoms with Gasteiger partial charge in [0.25, 0.3) is 0 Å². The van der Waals surface area contributed by atoms with Gasteiger partial charge in [-0.25, -0.2) is 13.1 Å². The third kappa shape index (κ3) is 3.52. The lowest BCUT2D eigenvalue weighted by molar-refractivity contribution is 0.204. The Bertz CT molecular complexity index is 512. The minimum absolute atomic E-state index is 0.254. The first-order valence-corrected chi connectivity index (χ1v) is 7.19. The summed E-state index contributed by atoms with van der Waals surface area (Å²) in [7, 11) is -1.98. The van der Waals surface area contributed by atoms with Crippen molar-refractivity contribution in [1.82, 2.24) is 4.72 Å². The van der Waals surface area contributed by atoms with Gasteiger partial charge in [-0.2, -0.15) is 0 Å². The van der Waals surface area contributed by atoms with Crippen LogP contribution in [0.25, 0.3) is 0 Å². The van der Waals surface area contributed by atoms with E-state index < -0.39 is 10.0 Å². The number of nitrogens with two attached hydrogens (primary N) is 1. The van der Waals surface area contributed by atoms with Gasteiger partial charge in [-0.15, -0.1) is 0 Å². The molecule has 0 aliphatic heterocycles. The van der Waals surface area contributed by atoms with E-state index in [1.54, 1.807) is 13.0 Å². The first kappa shape index (κ1) is 15.1. The van der Waals surface area contributed by atoms with Gasteiger partial charge in [0.15, 0.2) is 0 Å². The minimum atomic E-state index is -3.50. The number of nitrogens with one attached hydrogen (secondary N) is 1. The average Bonchev–Trinajstić information content (AvgIpc) is 2.32. The van der Waals surface area contributed by atoms with Crippen LogP contribution >= 0.6 is 0 Å². The molecule has 18 heavy (non-hydrogen) atoms. The normalized spacial score (nSPS) is 11.8. The molecule has 0 aliphatic rings. The largest absolute Gasteiger partial charge is 0.383 e. The van der Waals surface area contributed by atoms with Crippen LogP contribution in [0.15, 0.2) is 17.0 Å². The molecule has 102 valence electrons. The zero-order chi connectivity index (χ0) is 13.8. The Kier molecular flexibility index (Phi) is 5.28. The lowest BCUT2D eigenvalue weighted by Crippen LogP contribution is -2.28. The number of sulfonamides is 1. The zero-order valence-electron chi connectivity index (χ0n) is 11.0. The predicted octanol–water partition coefficient (Wildman–Crippen LogP) is 0.687. The van der Waals surface area contributed by atoms with Gasteiger partial charge in [0, 0.05) is 20.2 Å². The molecule has 0 spiro atoms. The molecule has 0 aliphatic carbocycles. The highest BCUT2D eigenvalue weighted by Crippen LogP contribution is 2.20. The quantitative estimate of drug-likeness (QED) is 0.746. The Morgan fingerprint density at radius 1 is 1.33 bits per heavy atom. The summed E-state index contributed by atoms with van der Waals surface area (Å²) in [6.07, 6.45) is 0. The van der Waals surface area contributed by atoms with Gasteiger partial charge in [0.2, 0.25) is 10.0 Å². The van der Waals surface area contributed by atoms with E-state index in [0.29, 0.717) is 18.0 Å². The molecule has 0 heterocycles. The van der Waals surface area contributed by atoms with Crippen molar-refractivity contribution in [2.45, 2.75) is 25.3 Å². The predicted molar refractivity (Wildman–Crippen MR) is 70.9 cm³/mol. The third-order valence-electron chi connectivity index (χ3n) is 2.80. The summed E-state index contributed by atoms with van der Waals surface area (Å²) in [4.78, 5) is 0.291. The molecule has 0 aromatic heterocycles. The molecule has 0 atom stereocenters. The number of benzene rings is 1. The van der Waals surface area contributed by atoms with E-state index >= 15 is 0 Å². The fourth-order valence-corrected chi connectivity index (χ4v) is 3.03. The van der Waals surface area contributed by atoms with Crippen LogP contribution in [0.1, 0.15) is 16.7 Å². The van der Waals surface area contributed by atoms with Crippen LogP contribution in [0.5, 0.6) is 0 Å². The Labute approximate surface area is 108 Å². The molecule has 3 N–H and O–H groups in total. The van der Waals surface area contributed by atoms with Gasteiger partial charge in [-0.3, -0.25) is 0 Å². The average molecular weight is 272 g/mol. The third-order valence-corrected chi connectivity index (χ3v) is 4.39. The summed E-state index contributed by atoms with van der Waals surface area (Å²) in [5, 5.41) is 0. The van der Waals surface area contributed by atoms with Crippen molar-refractivity contribution in [3.8, 4) is 0 Å². The summed E-state index contributed by atoms with van der Waals surface area (Å²) in [5.74, 6) is 0. The van der Waals surface area contributed by atoms with Crippen LogP contribution in [0.3, 0.4) is 0 Å². The van der Waals surface area contributed by atoms with Crippen molar-refractivity contribution in [2.24, 2.45) is 5.73 Å². The summed E-state index contributed by atoms with van der Waals surface area (Å²) in [5.41, 5.74) is 8.05. The molecular formula is C12H20N2O3S. The smallest absolute Gasteiger partial charge is 0.240 e. The molecule has 0 unspecified atom stereocenters. The summed E-state index contributed by atoms with van der Waals surface area (Å²) >= 11 is 0. The second-order valence-corrected chi connectivity index (χ2v) is 5.87. The molecular weight excluding hydrogens is 252 g/mol. The topological polar surface area (TPSA) is 81.4 Å². The highest BCUT2D eigenvalue weighted by atomic mass is 32.2. The van der Waals surface area contributed by atoms with Crippen LogP contribution in [-0.2, 0) is 21.3 Å². The van der Waals surface area contributed by atoms with Crippen molar-refractivity contribution in [3.05, 3.63) is 28.8 Å². The molecule has 0 saturated heterocycles. The summed E-state index contributed by atoms with van der Waals surface area (Å²) < 4.78 is 31.6. The molecule has 1 aromatic carbocycles. The van der Waals surface area contributed by atoms with Gasteiger partial charge in [0.05, 0.1) is 11.5 Å². The molecule has 0 radical (unpaired) electrons. The van der Waals surface area contributed by atoms with Gasteiger partial charge >= 0.3 is 0 Å². The Balaban J connectivity index is 3.11. The van der Waals surface area contributed by atoms with E-state index in [0.717, 1.165) is 16.7 Å². The van der Waals surface area contributed by atoms with E-state index in [-0.39, 0.29) is 6.54 Å². The number of methoxy groups -OCH3 is 1. The van der Waals surface area contributed by atoms with Crippen molar-refractivity contribution in [2.75, 3.05) is 20.3 Å². The standard InChI is InChI=1S/C12H20N2O3S/c1-9-6-11(8-13)7-12(10(9)2)18(15,16)14-4-5-17-3/h6-7,14H,4-5,8,13H2,1-3H3. The molecule has 0 bridgehead atoms. The van der Waals surface area contributed by atoms with Crippen molar-refractivity contribution in [1.29, 1.82) is 0 Å². The van der Waals surface area contributed by atoms with Crippen molar-refractivity contribution in [3.63, 3.8) is 0 Å². The number of aryl methyl sites for hydroxylation is 1. The Morgan fingerprint density at radius 3 is 2.56 bits per heavy atom. The number of hydrogen-bond acceptors (Lipinski definition) is 4. The van der Waals surface area contributed by atoms with Gasteiger partial charge in [0.1, 0.15) is 0 Å². The van der Waals surface area contributed by atoms with Gasteiger partial charge in [-0.05, 0) is 36.6 Å². The first-order chi connectivity index (χ1) is 8.42. The van der Waals surface area contributed by atoms with Crippen LogP contribution < -0.4 is 10.5 Å². The van der Waals surface area contributed by atoms with E-state index in [2.05, 4.69) is 4.72 Å². The maximum Gasteiger partial charge on any atom is 0.240 e. The highest BCUT2D eigenvalue weighted by Gasteiger charge is 2.18. The maximum absolute atomic E-state index is 12.1. The molecule has 0 saturated carbocycles. The molecule has 5 nitrogen and oxygen atoms in total. The molecule has 1 rings (SSSR count). The number of ether oxygens (including phenoxy) is 1. The number of hydrogen-bond donors (Lipinski definition) is 2. The van der Waals surface area contributed by atoms with Gasteiger partial charge in [-0.1, -0.05) is 6.07 Å². The van der Waals surface area contributed by atoms with Crippen LogP contribution in [0, 0.1) is 13.8 Å².